The monoisotopic (exact) mass is 333 g/mol. The van der Waals surface area contributed by atoms with Crippen LogP contribution in [0.25, 0.3) is 17.0 Å². The number of allylic oxidation sites excluding steroid dienone is 1. The second-order valence-electron chi connectivity index (χ2n) is 5.91. The minimum Gasteiger partial charge on any atom is -0.507 e. The zero-order valence-corrected chi connectivity index (χ0v) is 14.0. The number of hydrogen-bond donors (Lipinski definition) is 2. The fraction of sp³-hybridized carbons (Fsp3) is 0.0952. The van der Waals surface area contributed by atoms with Gasteiger partial charge in [0.1, 0.15) is 18.1 Å². The van der Waals surface area contributed by atoms with Gasteiger partial charge in [-0.3, -0.25) is 4.79 Å². The zero-order chi connectivity index (χ0) is 17.8. The summed E-state index contributed by atoms with van der Waals surface area (Å²) in [5.41, 5.74) is 3.04. The normalized spacial score (nSPS) is 11.1. The number of aromatic hydroxyl groups is 1. The molecule has 1 aromatic heterocycles. The second kappa shape index (κ2) is 7.09. The third kappa shape index (κ3) is 3.80. The third-order valence-electron chi connectivity index (χ3n) is 3.76. The lowest BCUT2D eigenvalue weighted by Gasteiger charge is -2.07. The van der Waals surface area contributed by atoms with Gasteiger partial charge in [-0.1, -0.05) is 24.8 Å². The lowest BCUT2D eigenvalue weighted by atomic mass is 10.1. The number of hydrogen-bond acceptors (Lipinski definition) is 3. The van der Waals surface area contributed by atoms with E-state index >= 15 is 0 Å². The fourth-order valence-corrected chi connectivity index (χ4v) is 2.50. The number of phenols is 1. The molecule has 0 saturated heterocycles. The molecule has 4 nitrogen and oxygen atoms in total. The van der Waals surface area contributed by atoms with E-state index in [0.29, 0.717) is 12.4 Å². The zero-order valence-electron chi connectivity index (χ0n) is 14.0. The topological polar surface area (TPSA) is 62.3 Å². The molecule has 2 N–H and O–H groups in total. The van der Waals surface area contributed by atoms with Gasteiger partial charge >= 0.3 is 0 Å². The van der Waals surface area contributed by atoms with Gasteiger partial charge in [0.05, 0.1) is 5.56 Å². The molecule has 2 aromatic carbocycles. The number of aromatic amines is 1. The number of ether oxygens (including phenoxy) is 1. The van der Waals surface area contributed by atoms with Crippen molar-refractivity contribution in [3.8, 4) is 11.5 Å². The molecule has 0 atom stereocenters. The minimum atomic E-state index is -0.269. The van der Waals surface area contributed by atoms with Gasteiger partial charge in [0.2, 0.25) is 0 Å². The molecule has 0 bridgehead atoms. The maximum Gasteiger partial charge on any atom is 0.189 e. The number of H-pyrrole nitrogens is 1. The molecule has 126 valence electrons. The summed E-state index contributed by atoms with van der Waals surface area (Å²) in [7, 11) is 0. The Morgan fingerprint density at radius 3 is 2.84 bits per heavy atom. The van der Waals surface area contributed by atoms with Gasteiger partial charge < -0.3 is 14.8 Å². The lowest BCUT2D eigenvalue weighted by molar-refractivity contribution is 0.104. The Morgan fingerprint density at radius 1 is 1.28 bits per heavy atom. The predicted molar refractivity (Wildman–Crippen MR) is 100 cm³/mol. The Morgan fingerprint density at radius 2 is 2.08 bits per heavy atom. The fourth-order valence-electron chi connectivity index (χ4n) is 2.50. The molecule has 0 aliphatic carbocycles. The van der Waals surface area contributed by atoms with Crippen LogP contribution in [0.1, 0.15) is 22.8 Å². The summed E-state index contributed by atoms with van der Waals surface area (Å²) >= 11 is 0. The number of para-hydroxylation sites is 1. The highest BCUT2D eigenvalue weighted by Crippen LogP contribution is 2.25. The van der Waals surface area contributed by atoms with Crippen LogP contribution in [0.5, 0.6) is 11.5 Å². The van der Waals surface area contributed by atoms with Gasteiger partial charge in [0.25, 0.3) is 0 Å². The van der Waals surface area contributed by atoms with E-state index in [2.05, 4.69) is 11.6 Å². The van der Waals surface area contributed by atoms with Gasteiger partial charge in [-0.05, 0) is 48.4 Å². The largest absolute Gasteiger partial charge is 0.507 e. The highest BCUT2D eigenvalue weighted by molar-refractivity contribution is 6.09. The van der Waals surface area contributed by atoms with Gasteiger partial charge in [0.15, 0.2) is 5.78 Å². The molecular formula is C21H19NO3. The van der Waals surface area contributed by atoms with Crippen molar-refractivity contribution in [3.05, 3.63) is 78.0 Å². The van der Waals surface area contributed by atoms with Crippen molar-refractivity contribution in [2.75, 3.05) is 6.61 Å². The first-order valence-corrected chi connectivity index (χ1v) is 7.93. The van der Waals surface area contributed by atoms with Crippen molar-refractivity contribution in [2.24, 2.45) is 0 Å². The lowest BCUT2D eigenvalue weighted by Crippen LogP contribution is -1.99. The van der Waals surface area contributed by atoms with Crippen LogP contribution in [-0.2, 0) is 0 Å². The van der Waals surface area contributed by atoms with Gasteiger partial charge in [0, 0.05) is 23.2 Å². The van der Waals surface area contributed by atoms with Crippen LogP contribution in [-0.4, -0.2) is 22.5 Å². The van der Waals surface area contributed by atoms with Crippen LogP contribution >= 0.6 is 0 Å². The Balaban J connectivity index is 1.77. The SMILES string of the molecule is C=C(C)COc1ccc(C(=O)C=Cc2c[nH]c3ccccc23)c(O)c1. The number of benzene rings is 2. The van der Waals surface area contributed by atoms with E-state index in [4.69, 9.17) is 4.74 Å². The third-order valence-corrected chi connectivity index (χ3v) is 3.76. The maximum absolute atomic E-state index is 12.4. The number of fused-ring (bicyclic) bond motifs is 1. The van der Waals surface area contributed by atoms with Crippen molar-refractivity contribution < 1.29 is 14.6 Å². The standard InChI is InChI=1S/C21H19NO3/c1-14(2)13-25-16-8-9-18(21(24)11-16)20(23)10-7-15-12-22-19-6-4-3-5-17(15)19/h3-12,22,24H,1,13H2,2H3. The van der Waals surface area contributed by atoms with E-state index in [-0.39, 0.29) is 17.1 Å². The van der Waals surface area contributed by atoms with Gasteiger partial charge in [-0.15, -0.1) is 0 Å². The first-order chi connectivity index (χ1) is 12.0. The van der Waals surface area contributed by atoms with Gasteiger partial charge in [-0.25, -0.2) is 0 Å². The van der Waals surface area contributed by atoms with Crippen LogP contribution < -0.4 is 4.74 Å². The molecule has 0 aliphatic rings. The molecule has 1 heterocycles. The molecule has 0 amide bonds. The molecule has 0 spiro atoms. The van der Waals surface area contributed by atoms with E-state index in [1.54, 1.807) is 18.2 Å². The van der Waals surface area contributed by atoms with Crippen LogP contribution in [0.2, 0.25) is 0 Å². The van der Waals surface area contributed by atoms with Crippen LogP contribution in [0, 0.1) is 0 Å². The van der Waals surface area contributed by atoms with Crippen molar-refractivity contribution in [1.82, 2.24) is 4.98 Å². The Labute approximate surface area is 146 Å². The number of carbonyl (C=O) groups excluding carboxylic acids is 1. The van der Waals surface area contributed by atoms with E-state index in [1.165, 1.54) is 12.1 Å². The van der Waals surface area contributed by atoms with Gasteiger partial charge in [-0.2, -0.15) is 0 Å². The van der Waals surface area contributed by atoms with E-state index < -0.39 is 0 Å². The van der Waals surface area contributed by atoms with Crippen molar-refractivity contribution >= 4 is 22.8 Å². The molecule has 3 aromatic rings. The number of nitrogens with one attached hydrogen (secondary N) is 1. The molecule has 0 unspecified atom stereocenters. The number of aromatic nitrogens is 1. The van der Waals surface area contributed by atoms with E-state index in [1.807, 2.05) is 37.4 Å². The maximum atomic E-state index is 12.4. The Bertz CT molecular complexity index is 966. The average Bonchev–Trinajstić information content (AvgIpc) is 3.01. The summed E-state index contributed by atoms with van der Waals surface area (Å²) in [6.45, 7) is 5.98. The molecule has 0 radical (unpaired) electrons. The smallest absolute Gasteiger partial charge is 0.189 e. The summed E-state index contributed by atoms with van der Waals surface area (Å²) < 4.78 is 5.46. The number of rotatable bonds is 6. The van der Waals surface area contributed by atoms with Crippen LogP contribution in [0.15, 0.2) is 66.9 Å². The van der Waals surface area contributed by atoms with E-state index in [0.717, 1.165) is 22.0 Å². The Kier molecular flexibility index (Phi) is 4.70. The van der Waals surface area contributed by atoms with Crippen molar-refractivity contribution in [1.29, 1.82) is 0 Å². The molecule has 4 heteroatoms. The average molecular weight is 333 g/mol. The van der Waals surface area contributed by atoms with Crippen molar-refractivity contribution in [3.63, 3.8) is 0 Å². The number of ketones is 1. The predicted octanol–water partition coefficient (Wildman–Crippen LogP) is 4.72. The summed E-state index contributed by atoms with van der Waals surface area (Å²) in [5.74, 6) is 0.125. The number of phenolic OH excluding ortho intramolecular Hbond substituents is 1. The van der Waals surface area contributed by atoms with Crippen LogP contribution in [0.4, 0.5) is 0 Å². The van der Waals surface area contributed by atoms with Crippen molar-refractivity contribution in [2.45, 2.75) is 6.92 Å². The minimum absolute atomic E-state index is 0.104. The first-order valence-electron chi connectivity index (χ1n) is 7.93. The molecular weight excluding hydrogens is 314 g/mol. The molecule has 0 aliphatic heterocycles. The highest BCUT2D eigenvalue weighted by atomic mass is 16.5. The Hall–Kier alpha value is -3.27. The quantitative estimate of drug-likeness (QED) is 0.390. The molecule has 0 fully saturated rings. The van der Waals surface area contributed by atoms with E-state index in [9.17, 15) is 9.90 Å². The van der Waals surface area contributed by atoms with Crippen LogP contribution in [0.3, 0.4) is 0 Å². The molecule has 25 heavy (non-hydrogen) atoms. The summed E-state index contributed by atoms with van der Waals surface area (Å²) in [6.07, 6.45) is 5.05. The second-order valence-corrected chi connectivity index (χ2v) is 5.91. The molecule has 3 rings (SSSR count). The number of carbonyl (C=O) groups is 1. The summed E-state index contributed by atoms with van der Waals surface area (Å²) in [6, 6.07) is 12.5. The molecule has 0 saturated carbocycles. The first kappa shape index (κ1) is 16.6. The summed E-state index contributed by atoms with van der Waals surface area (Å²) in [4.78, 5) is 15.5. The summed E-state index contributed by atoms with van der Waals surface area (Å²) in [5, 5.41) is 11.1. The highest BCUT2D eigenvalue weighted by Gasteiger charge is 2.10.